The van der Waals surface area contributed by atoms with Crippen LogP contribution in [0.4, 0.5) is 48.3 Å². The maximum absolute atomic E-state index is 12.0. The van der Waals surface area contributed by atoms with Gasteiger partial charge in [0.2, 0.25) is 0 Å². The van der Waals surface area contributed by atoms with E-state index in [1.807, 2.05) is 0 Å². The predicted molar refractivity (Wildman–Crippen MR) is 26.4 cm³/mol. The molecule has 16 heavy (non-hydrogen) atoms. The van der Waals surface area contributed by atoms with E-state index in [1.54, 1.807) is 0 Å². The van der Waals surface area contributed by atoms with Gasteiger partial charge in [-0.05, 0) is 0 Å². The van der Waals surface area contributed by atoms with E-state index < -0.39 is 30.4 Å². The van der Waals surface area contributed by atoms with Crippen LogP contribution in [0.25, 0.3) is 0 Å². The highest BCUT2D eigenvalue weighted by Crippen LogP contribution is 2.56. The third kappa shape index (κ3) is 1.90. The van der Waals surface area contributed by atoms with Gasteiger partial charge in [-0.3, -0.25) is 0 Å². The van der Waals surface area contributed by atoms with Crippen LogP contribution >= 0.6 is 0 Å². The second-order valence-electron chi connectivity index (χ2n) is 2.48. The Morgan fingerprint density at radius 2 is 0.875 bits per heavy atom. The minimum absolute atomic E-state index is 4.54. The third-order valence-corrected chi connectivity index (χ3v) is 1.38. The van der Waals surface area contributed by atoms with E-state index in [0.29, 0.717) is 0 Å². The molecule has 0 aromatic rings. The van der Waals surface area contributed by atoms with Gasteiger partial charge in [-0.2, -0.15) is 48.3 Å². The summed E-state index contributed by atoms with van der Waals surface area (Å²) in [7, 11) is 0. The fourth-order valence-corrected chi connectivity index (χ4v) is 0.494. The molecule has 11 heteroatoms. The van der Waals surface area contributed by atoms with Crippen LogP contribution in [0.15, 0.2) is 0 Å². The SMILES string of the molecule is F[C](F)C(F)(F)C(F)(F)C(F)(F)C(F)(F)F. The van der Waals surface area contributed by atoms with Crippen molar-refractivity contribution in [2.45, 2.75) is 23.9 Å². The molecule has 0 aliphatic carbocycles. The van der Waals surface area contributed by atoms with Crippen molar-refractivity contribution in [2.24, 2.45) is 0 Å². The smallest absolute Gasteiger partial charge is 0.192 e. The van der Waals surface area contributed by atoms with Gasteiger partial charge in [-0.1, -0.05) is 0 Å². The summed E-state index contributed by atoms with van der Waals surface area (Å²) in [5.41, 5.74) is 0. The topological polar surface area (TPSA) is 0 Å². The first kappa shape index (κ1) is 15.2. The lowest BCUT2D eigenvalue weighted by atomic mass is 10.0. The van der Waals surface area contributed by atoms with Crippen LogP contribution in [0.3, 0.4) is 0 Å². The number of hydrogen-bond donors (Lipinski definition) is 0. The molecule has 97 valence electrons. The van der Waals surface area contributed by atoms with Gasteiger partial charge in [0.05, 0.1) is 0 Å². The third-order valence-electron chi connectivity index (χ3n) is 1.38. The number of halogens is 11. The van der Waals surface area contributed by atoms with Gasteiger partial charge in [0.25, 0.3) is 0 Å². The zero-order valence-electron chi connectivity index (χ0n) is 6.66. The minimum Gasteiger partial charge on any atom is -0.192 e. The summed E-state index contributed by atoms with van der Waals surface area (Å²) in [5.74, 6) is -21.4. The van der Waals surface area contributed by atoms with Crippen molar-refractivity contribution in [3.63, 3.8) is 0 Å². The van der Waals surface area contributed by atoms with Crippen LogP contribution < -0.4 is 0 Å². The fourth-order valence-electron chi connectivity index (χ4n) is 0.494. The van der Waals surface area contributed by atoms with Crippen molar-refractivity contribution in [3.05, 3.63) is 6.43 Å². The molecule has 0 spiro atoms. The van der Waals surface area contributed by atoms with Gasteiger partial charge < -0.3 is 0 Å². The van der Waals surface area contributed by atoms with E-state index in [2.05, 4.69) is 0 Å². The molecule has 0 aromatic carbocycles. The van der Waals surface area contributed by atoms with Crippen LogP contribution in [-0.2, 0) is 0 Å². The summed E-state index contributed by atoms with van der Waals surface area (Å²) >= 11 is 0. The van der Waals surface area contributed by atoms with Gasteiger partial charge in [0, 0.05) is 0 Å². The molecule has 0 saturated carbocycles. The van der Waals surface area contributed by atoms with Gasteiger partial charge in [0.15, 0.2) is 0 Å². The highest BCUT2D eigenvalue weighted by molar-refractivity contribution is 5.06. The van der Waals surface area contributed by atoms with Crippen molar-refractivity contribution >= 4 is 0 Å². The molecule has 0 nitrogen and oxygen atoms in total. The summed E-state index contributed by atoms with van der Waals surface area (Å²) < 4.78 is 128. The van der Waals surface area contributed by atoms with E-state index in [4.69, 9.17) is 0 Å². The molecule has 0 saturated heterocycles. The lowest BCUT2D eigenvalue weighted by molar-refractivity contribution is -0.399. The molecule has 0 bridgehead atoms. The number of rotatable bonds is 3. The second-order valence-corrected chi connectivity index (χ2v) is 2.48. The van der Waals surface area contributed by atoms with E-state index in [0.717, 1.165) is 0 Å². The molecule has 0 heterocycles. The van der Waals surface area contributed by atoms with E-state index >= 15 is 0 Å². The Labute approximate surface area is 80.0 Å². The molecule has 0 rings (SSSR count). The largest absolute Gasteiger partial charge is 0.460 e. The van der Waals surface area contributed by atoms with Crippen LogP contribution in [0, 0.1) is 6.43 Å². The summed E-state index contributed by atoms with van der Waals surface area (Å²) in [4.78, 5) is 0. The predicted octanol–water partition coefficient (Wildman–Crippen LogP) is 3.88. The zero-order valence-corrected chi connectivity index (χ0v) is 6.66. The lowest BCUT2D eigenvalue weighted by Gasteiger charge is -2.32. The summed E-state index contributed by atoms with van der Waals surface area (Å²) in [6.45, 7) is 0. The Balaban J connectivity index is 5.53. The Morgan fingerprint density at radius 3 is 1.06 bits per heavy atom. The number of alkyl halides is 9. The van der Waals surface area contributed by atoms with Crippen molar-refractivity contribution in [1.29, 1.82) is 0 Å². The van der Waals surface area contributed by atoms with Crippen LogP contribution in [0.1, 0.15) is 0 Å². The Morgan fingerprint density at radius 1 is 0.562 bits per heavy atom. The average molecular weight is 269 g/mol. The first-order chi connectivity index (χ1) is 6.69. The Hall–Kier alpha value is -0.770. The molecular formula is C5F11. The molecule has 0 aromatic heterocycles. The highest BCUT2D eigenvalue weighted by atomic mass is 19.4. The van der Waals surface area contributed by atoms with Gasteiger partial charge in [-0.25, -0.2) is 0 Å². The van der Waals surface area contributed by atoms with E-state index in [9.17, 15) is 48.3 Å². The first-order valence-corrected chi connectivity index (χ1v) is 3.08. The average Bonchev–Trinajstić information content (AvgIpc) is 2.00. The summed E-state index contributed by atoms with van der Waals surface area (Å²) in [5, 5.41) is 0. The highest BCUT2D eigenvalue weighted by Gasteiger charge is 2.84. The molecule has 0 aliphatic rings. The number of hydrogen-bond acceptors (Lipinski definition) is 0. The molecule has 0 atom stereocenters. The minimum atomic E-state index is -7.28. The van der Waals surface area contributed by atoms with Crippen molar-refractivity contribution < 1.29 is 48.3 Å². The standard InChI is InChI=1S/C5F11/c6-1(7)2(8,9)3(10,11)4(12,13)5(14,15)16. The molecule has 0 N–H and O–H groups in total. The zero-order chi connectivity index (χ0) is 13.6. The molecule has 1 radical (unpaired) electrons. The van der Waals surface area contributed by atoms with Crippen molar-refractivity contribution in [3.8, 4) is 0 Å². The Bertz CT molecular complexity index is 248. The van der Waals surface area contributed by atoms with Gasteiger partial charge in [-0.15, -0.1) is 0 Å². The maximum atomic E-state index is 12.0. The molecule has 0 fully saturated rings. The van der Waals surface area contributed by atoms with Crippen LogP contribution in [0.2, 0.25) is 0 Å². The van der Waals surface area contributed by atoms with Crippen LogP contribution in [0.5, 0.6) is 0 Å². The van der Waals surface area contributed by atoms with Crippen molar-refractivity contribution in [2.75, 3.05) is 0 Å². The summed E-state index contributed by atoms with van der Waals surface area (Å²) in [6.07, 6.45) is -11.6. The lowest BCUT2D eigenvalue weighted by Crippen LogP contribution is -2.61. The van der Waals surface area contributed by atoms with E-state index in [1.165, 1.54) is 0 Å². The fraction of sp³-hybridized carbons (Fsp3) is 0.800. The normalized spacial score (nSPS) is 15.8. The molecule has 0 unspecified atom stereocenters. The first-order valence-electron chi connectivity index (χ1n) is 3.08. The maximum Gasteiger partial charge on any atom is 0.460 e. The summed E-state index contributed by atoms with van der Waals surface area (Å²) in [6, 6.07) is 0. The van der Waals surface area contributed by atoms with Crippen molar-refractivity contribution in [1.82, 2.24) is 0 Å². The van der Waals surface area contributed by atoms with E-state index in [-0.39, 0.29) is 0 Å². The molecular weight excluding hydrogens is 269 g/mol. The molecule has 0 aliphatic heterocycles. The van der Waals surface area contributed by atoms with Gasteiger partial charge in [0.1, 0.15) is 0 Å². The molecule has 0 amide bonds. The quantitative estimate of drug-likeness (QED) is 0.682. The van der Waals surface area contributed by atoms with Gasteiger partial charge >= 0.3 is 30.4 Å². The monoisotopic (exact) mass is 269 g/mol. The Kier molecular flexibility index (Phi) is 3.45. The van der Waals surface area contributed by atoms with Crippen LogP contribution in [-0.4, -0.2) is 23.9 Å². The second kappa shape index (κ2) is 3.62.